The second-order valence-electron chi connectivity index (χ2n) is 4.48. The van der Waals surface area contributed by atoms with E-state index in [1.54, 1.807) is 11.4 Å². The van der Waals surface area contributed by atoms with Crippen LogP contribution in [0.25, 0.3) is 17.0 Å². The Bertz CT molecular complexity index is 796. The highest BCUT2D eigenvalue weighted by molar-refractivity contribution is 5.97. The Hall–Kier alpha value is -2.76. The molecule has 0 aliphatic heterocycles. The van der Waals surface area contributed by atoms with Gasteiger partial charge in [0, 0.05) is 5.56 Å². The van der Waals surface area contributed by atoms with Crippen LogP contribution in [0.5, 0.6) is 0 Å². The predicted molar refractivity (Wildman–Crippen MR) is 76.9 cm³/mol. The lowest BCUT2D eigenvalue weighted by Crippen LogP contribution is -2.14. The zero-order valence-electron chi connectivity index (χ0n) is 11.8. The standard InChI is InChI=1S/C15H14N4O2/c1-3-21-14(20)12-10(2)19-15(16-9-17-19)18-13(12)11-7-5-4-6-8-11/h4-9H,3H2,1-2H3. The molecule has 2 aromatic heterocycles. The second kappa shape index (κ2) is 5.32. The second-order valence-corrected chi connectivity index (χ2v) is 4.48. The summed E-state index contributed by atoms with van der Waals surface area (Å²) in [6.07, 6.45) is 1.42. The Morgan fingerprint density at radius 2 is 2.05 bits per heavy atom. The fourth-order valence-corrected chi connectivity index (χ4v) is 2.23. The first-order chi connectivity index (χ1) is 10.2. The van der Waals surface area contributed by atoms with Gasteiger partial charge in [0.25, 0.3) is 5.78 Å². The Labute approximate surface area is 121 Å². The molecule has 0 amide bonds. The minimum atomic E-state index is -0.404. The van der Waals surface area contributed by atoms with E-state index in [9.17, 15) is 4.79 Å². The van der Waals surface area contributed by atoms with Crippen LogP contribution in [0.4, 0.5) is 0 Å². The van der Waals surface area contributed by atoms with Crippen LogP contribution in [-0.2, 0) is 4.74 Å². The highest BCUT2D eigenvalue weighted by atomic mass is 16.5. The zero-order chi connectivity index (χ0) is 14.8. The molecule has 0 saturated heterocycles. The van der Waals surface area contributed by atoms with Gasteiger partial charge in [0.05, 0.1) is 18.0 Å². The molecule has 21 heavy (non-hydrogen) atoms. The smallest absolute Gasteiger partial charge is 0.342 e. The van der Waals surface area contributed by atoms with E-state index in [0.29, 0.717) is 29.3 Å². The third kappa shape index (κ3) is 2.24. The first-order valence-electron chi connectivity index (χ1n) is 6.65. The lowest BCUT2D eigenvalue weighted by Gasteiger charge is -2.12. The van der Waals surface area contributed by atoms with Crippen molar-refractivity contribution in [3.8, 4) is 11.3 Å². The Morgan fingerprint density at radius 1 is 1.29 bits per heavy atom. The van der Waals surface area contributed by atoms with Crippen molar-refractivity contribution >= 4 is 11.7 Å². The van der Waals surface area contributed by atoms with Gasteiger partial charge in [-0.3, -0.25) is 0 Å². The van der Waals surface area contributed by atoms with Gasteiger partial charge in [-0.25, -0.2) is 14.3 Å². The molecular formula is C15H14N4O2. The van der Waals surface area contributed by atoms with Crippen molar-refractivity contribution in [2.24, 2.45) is 0 Å². The summed E-state index contributed by atoms with van der Waals surface area (Å²) < 4.78 is 6.70. The monoisotopic (exact) mass is 282 g/mol. The average Bonchev–Trinajstić information content (AvgIpc) is 2.97. The van der Waals surface area contributed by atoms with Gasteiger partial charge in [0.15, 0.2) is 0 Å². The summed E-state index contributed by atoms with van der Waals surface area (Å²) in [6.45, 7) is 3.89. The summed E-state index contributed by atoms with van der Waals surface area (Å²) in [4.78, 5) is 20.9. The van der Waals surface area contributed by atoms with Gasteiger partial charge in [0.2, 0.25) is 0 Å². The van der Waals surface area contributed by atoms with Crippen LogP contribution in [0.1, 0.15) is 23.0 Å². The first kappa shape index (κ1) is 13.2. The van der Waals surface area contributed by atoms with Crippen molar-refractivity contribution < 1.29 is 9.53 Å². The van der Waals surface area contributed by atoms with Crippen molar-refractivity contribution in [2.45, 2.75) is 13.8 Å². The number of hydrogen-bond acceptors (Lipinski definition) is 5. The Morgan fingerprint density at radius 3 is 2.76 bits per heavy atom. The molecule has 6 heteroatoms. The van der Waals surface area contributed by atoms with Crippen LogP contribution in [0.2, 0.25) is 0 Å². The van der Waals surface area contributed by atoms with E-state index in [1.165, 1.54) is 6.33 Å². The number of esters is 1. The molecule has 0 unspecified atom stereocenters. The lowest BCUT2D eigenvalue weighted by atomic mass is 10.0. The van der Waals surface area contributed by atoms with Crippen LogP contribution in [0.15, 0.2) is 36.7 Å². The van der Waals surface area contributed by atoms with E-state index >= 15 is 0 Å². The third-order valence-corrected chi connectivity index (χ3v) is 3.18. The quantitative estimate of drug-likeness (QED) is 0.689. The van der Waals surface area contributed by atoms with E-state index in [0.717, 1.165) is 5.56 Å². The highest BCUT2D eigenvalue weighted by Gasteiger charge is 2.22. The van der Waals surface area contributed by atoms with Crippen molar-refractivity contribution in [1.29, 1.82) is 0 Å². The molecule has 0 spiro atoms. The molecule has 0 fully saturated rings. The van der Waals surface area contributed by atoms with Gasteiger partial charge in [-0.2, -0.15) is 10.1 Å². The number of aromatic nitrogens is 4. The van der Waals surface area contributed by atoms with Gasteiger partial charge in [0.1, 0.15) is 11.9 Å². The number of fused-ring (bicyclic) bond motifs is 1. The summed E-state index contributed by atoms with van der Waals surface area (Å²) in [5, 5.41) is 4.09. The molecule has 0 aliphatic rings. The van der Waals surface area contributed by atoms with Crippen LogP contribution in [-0.4, -0.2) is 32.2 Å². The maximum absolute atomic E-state index is 12.3. The molecule has 0 N–H and O–H groups in total. The largest absolute Gasteiger partial charge is 0.462 e. The van der Waals surface area contributed by atoms with Gasteiger partial charge in [-0.05, 0) is 13.8 Å². The Kier molecular flexibility index (Phi) is 3.35. The molecule has 3 aromatic rings. The third-order valence-electron chi connectivity index (χ3n) is 3.18. The minimum Gasteiger partial charge on any atom is -0.462 e. The summed E-state index contributed by atoms with van der Waals surface area (Å²) in [5.74, 6) is 0.0538. The minimum absolute atomic E-state index is 0.307. The summed E-state index contributed by atoms with van der Waals surface area (Å²) >= 11 is 0. The lowest BCUT2D eigenvalue weighted by molar-refractivity contribution is 0.0525. The summed E-state index contributed by atoms with van der Waals surface area (Å²) in [6, 6.07) is 9.51. The van der Waals surface area contributed by atoms with Crippen molar-refractivity contribution in [3.05, 3.63) is 47.9 Å². The molecule has 0 radical (unpaired) electrons. The fraction of sp³-hybridized carbons (Fsp3) is 0.200. The number of carbonyl (C=O) groups is 1. The van der Waals surface area contributed by atoms with Crippen molar-refractivity contribution in [1.82, 2.24) is 19.6 Å². The van der Waals surface area contributed by atoms with Gasteiger partial charge in [-0.15, -0.1) is 0 Å². The normalized spacial score (nSPS) is 10.8. The van der Waals surface area contributed by atoms with Crippen molar-refractivity contribution in [2.75, 3.05) is 6.61 Å². The number of ether oxygens (including phenoxy) is 1. The van der Waals surface area contributed by atoms with E-state index in [-0.39, 0.29) is 0 Å². The van der Waals surface area contributed by atoms with E-state index < -0.39 is 5.97 Å². The predicted octanol–water partition coefficient (Wildman–Crippen LogP) is 2.28. The maximum Gasteiger partial charge on any atom is 0.342 e. The molecule has 0 saturated carbocycles. The van der Waals surface area contributed by atoms with Gasteiger partial charge < -0.3 is 4.74 Å². The number of aryl methyl sites for hydroxylation is 1. The molecule has 2 heterocycles. The molecule has 3 rings (SSSR count). The van der Waals surface area contributed by atoms with E-state index in [1.807, 2.05) is 37.3 Å². The number of carbonyl (C=O) groups excluding carboxylic acids is 1. The number of nitrogens with zero attached hydrogens (tertiary/aromatic N) is 4. The average molecular weight is 282 g/mol. The van der Waals surface area contributed by atoms with Crippen LogP contribution < -0.4 is 0 Å². The molecule has 1 aromatic carbocycles. The van der Waals surface area contributed by atoms with E-state index in [2.05, 4.69) is 15.1 Å². The molecular weight excluding hydrogens is 268 g/mol. The van der Waals surface area contributed by atoms with Gasteiger partial charge >= 0.3 is 5.97 Å². The van der Waals surface area contributed by atoms with Crippen molar-refractivity contribution in [3.63, 3.8) is 0 Å². The fourth-order valence-electron chi connectivity index (χ4n) is 2.23. The summed E-state index contributed by atoms with van der Waals surface area (Å²) in [5.41, 5.74) is 2.48. The van der Waals surface area contributed by atoms with E-state index in [4.69, 9.17) is 4.74 Å². The molecule has 0 bridgehead atoms. The zero-order valence-corrected chi connectivity index (χ0v) is 11.8. The highest BCUT2D eigenvalue weighted by Crippen LogP contribution is 2.25. The van der Waals surface area contributed by atoms with Crippen LogP contribution in [0.3, 0.4) is 0 Å². The summed E-state index contributed by atoms with van der Waals surface area (Å²) in [7, 11) is 0. The van der Waals surface area contributed by atoms with Crippen LogP contribution in [0, 0.1) is 6.92 Å². The first-order valence-corrected chi connectivity index (χ1v) is 6.65. The Balaban J connectivity index is 2.30. The maximum atomic E-state index is 12.3. The molecule has 6 nitrogen and oxygen atoms in total. The van der Waals surface area contributed by atoms with Crippen LogP contribution >= 0.6 is 0 Å². The number of benzene rings is 1. The topological polar surface area (TPSA) is 69.4 Å². The number of rotatable bonds is 3. The molecule has 106 valence electrons. The number of hydrogen-bond donors (Lipinski definition) is 0. The van der Waals surface area contributed by atoms with Gasteiger partial charge in [-0.1, -0.05) is 30.3 Å². The molecule has 0 aliphatic carbocycles. The molecule has 0 atom stereocenters. The SMILES string of the molecule is CCOC(=O)c1c(-c2ccccc2)nc2ncnn2c1C.